The molecule has 2 aromatic heterocycles. The Morgan fingerprint density at radius 3 is 2.44 bits per heavy atom. The van der Waals surface area contributed by atoms with Gasteiger partial charge < -0.3 is 10.2 Å². The third kappa shape index (κ3) is 3.32. The van der Waals surface area contributed by atoms with Crippen LogP contribution in [0.15, 0.2) is 22.6 Å². The summed E-state index contributed by atoms with van der Waals surface area (Å²) in [5.74, 6) is 0.423. The van der Waals surface area contributed by atoms with E-state index in [1.165, 1.54) is 18.2 Å². The second kappa shape index (κ2) is 6.76. The van der Waals surface area contributed by atoms with Crippen molar-refractivity contribution in [3.63, 3.8) is 0 Å². The smallest absolute Gasteiger partial charge is 0.231 e. The van der Waals surface area contributed by atoms with E-state index in [0.29, 0.717) is 35.8 Å². The van der Waals surface area contributed by atoms with Crippen LogP contribution < -0.4 is 5.73 Å². The van der Waals surface area contributed by atoms with Crippen molar-refractivity contribution in [2.45, 2.75) is 33.9 Å². The number of rotatable bonds is 5. The van der Waals surface area contributed by atoms with Crippen LogP contribution in [0.5, 0.6) is 0 Å². The average molecular weight is 346 g/mol. The average Bonchev–Trinajstić information content (AvgIpc) is 2.84. The molecule has 1 aromatic carbocycles. The molecule has 132 valence electrons. The summed E-state index contributed by atoms with van der Waals surface area (Å²) in [6.45, 7) is 6.65. The molecular formula is C18H20F2N4O. The van der Waals surface area contributed by atoms with Gasteiger partial charge in [0.15, 0.2) is 0 Å². The summed E-state index contributed by atoms with van der Waals surface area (Å²) in [4.78, 5) is 10.6. The van der Waals surface area contributed by atoms with Crippen molar-refractivity contribution < 1.29 is 13.2 Å². The summed E-state index contributed by atoms with van der Waals surface area (Å²) >= 11 is 0. The van der Waals surface area contributed by atoms with Crippen LogP contribution in [0.4, 0.5) is 14.6 Å². The third-order valence-electron chi connectivity index (χ3n) is 4.36. The molecule has 0 fully saturated rings. The maximum absolute atomic E-state index is 13.9. The first kappa shape index (κ1) is 17.3. The molecule has 0 saturated heterocycles. The van der Waals surface area contributed by atoms with E-state index < -0.39 is 11.6 Å². The Balaban J connectivity index is 1.88. The zero-order valence-corrected chi connectivity index (χ0v) is 14.4. The minimum absolute atomic E-state index is 0.0306. The highest BCUT2D eigenvalue weighted by Gasteiger charge is 2.17. The minimum Gasteiger partial charge on any atom is -0.443 e. The fourth-order valence-corrected chi connectivity index (χ4v) is 2.78. The third-order valence-corrected chi connectivity index (χ3v) is 4.36. The Morgan fingerprint density at radius 1 is 1.12 bits per heavy atom. The van der Waals surface area contributed by atoms with E-state index >= 15 is 0 Å². The summed E-state index contributed by atoms with van der Waals surface area (Å²) in [6.07, 6.45) is 0. The van der Waals surface area contributed by atoms with Crippen LogP contribution in [0.3, 0.4) is 0 Å². The zero-order chi connectivity index (χ0) is 18.1. The summed E-state index contributed by atoms with van der Waals surface area (Å²) in [5, 5.41) is 0.712. The predicted octanol–water partition coefficient (Wildman–Crippen LogP) is 3.72. The van der Waals surface area contributed by atoms with Gasteiger partial charge in [-0.1, -0.05) is 13.0 Å². The highest BCUT2D eigenvalue weighted by molar-refractivity contribution is 5.88. The molecule has 0 amide bonds. The molecule has 0 unspecified atom stereocenters. The van der Waals surface area contributed by atoms with Gasteiger partial charge in [0.2, 0.25) is 5.71 Å². The number of fused-ring (bicyclic) bond motifs is 1. The highest BCUT2D eigenvalue weighted by Crippen LogP contribution is 2.27. The quantitative estimate of drug-likeness (QED) is 0.762. The van der Waals surface area contributed by atoms with Crippen molar-refractivity contribution in [2.24, 2.45) is 0 Å². The van der Waals surface area contributed by atoms with E-state index in [4.69, 9.17) is 10.2 Å². The molecule has 2 N–H and O–H groups in total. The summed E-state index contributed by atoms with van der Waals surface area (Å²) in [7, 11) is 0. The largest absolute Gasteiger partial charge is 0.443 e. The molecule has 2 heterocycles. The predicted molar refractivity (Wildman–Crippen MR) is 91.8 cm³/mol. The molecule has 25 heavy (non-hydrogen) atoms. The Bertz CT molecular complexity index is 903. The van der Waals surface area contributed by atoms with E-state index in [1.807, 2.05) is 25.7 Å². The lowest BCUT2D eigenvalue weighted by Gasteiger charge is -2.20. The molecule has 0 bridgehead atoms. The van der Waals surface area contributed by atoms with Crippen LogP contribution in [0.2, 0.25) is 0 Å². The molecular weight excluding hydrogens is 326 g/mol. The number of nitrogens with two attached hydrogens (primary N) is 1. The van der Waals surface area contributed by atoms with Crippen molar-refractivity contribution in [1.82, 2.24) is 14.9 Å². The van der Waals surface area contributed by atoms with Gasteiger partial charge in [-0.2, -0.15) is 4.98 Å². The maximum atomic E-state index is 13.9. The Morgan fingerprint density at radius 2 is 1.80 bits per heavy atom. The van der Waals surface area contributed by atoms with Crippen molar-refractivity contribution in [3.8, 4) is 0 Å². The number of nitrogens with zero attached hydrogens (tertiary/aromatic N) is 3. The summed E-state index contributed by atoms with van der Waals surface area (Å²) < 4.78 is 33.4. The van der Waals surface area contributed by atoms with Crippen molar-refractivity contribution in [1.29, 1.82) is 0 Å². The number of hydrogen-bond acceptors (Lipinski definition) is 5. The van der Waals surface area contributed by atoms with E-state index in [0.717, 1.165) is 11.3 Å². The van der Waals surface area contributed by atoms with Crippen molar-refractivity contribution >= 4 is 16.9 Å². The lowest BCUT2D eigenvalue weighted by atomic mass is 10.2. The van der Waals surface area contributed by atoms with Gasteiger partial charge in [-0.05, 0) is 32.5 Å². The molecule has 7 heteroatoms. The van der Waals surface area contributed by atoms with Gasteiger partial charge in [0, 0.05) is 17.7 Å². The van der Waals surface area contributed by atoms with E-state index in [-0.39, 0.29) is 12.1 Å². The standard InChI is InChI=1S/C18H20F2N4O/c1-4-24(8-12-13(19)6-5-7-14(12)20)9-15-22-17(21)16-10(2)11(3)25-18(16)23-15/h5-7H,4,8-9H2,1-3H3,(H2,21,22,23). The number of aryl methyl sites for hydroxylation is 2. The van der Waals surface area contributed by atoms with Crippen LogP contribution in [-0.4, -0.2) is 21.4 Å². The van der Waals surface area contributed by atoms with Gasteiger partial charge in [-0.3, -0.25) is 4.90 Å². The molecule has 0 aliphatic heterocycles. The summed E-state index contributed by atoms with van der Waals surface area (Å²) in [6, 6.07) is 3.85. The molecule has 3 aromatic rings. The Kier molecular flexibility index (Phi) is 4.67. The number of aromatic nitrogens is 2. The van der Waals surface area contributed by atoms with Crippen molar-refractivity contribution in [2.75, 3.05) is 12.3 Å². The second-order valence-electron chi connectivity index (χ2n) is 5.99. The minimum atomic E-state index is -0.563. The number of hydrogen-bond donors (Lipinski definition) is 1. The molecule has 5 nitrogen and oxygen atoms in total. The van der Waals surface area contributed by atoms with Gasteiger partial charge in [0.25, 0.3) is 0 Å². The topological polar surface area (TPSA) is 68.2 Å². The number of furan rings is 1. The Labute approximate surface area is 144 Å². The van der Waals surface area contributed by atoms with Crippen molar-refractivity contribution in [3.05, 3.63) is 52.5 Å². The molecule has 0 aliphatic carbocycles. The zero-order valence-electron chi connectivity index (χ0n) is 14.4. The van der Waals surface area contributed by atoms with E-state index in [2.05, 4.69) is 9.97 Å². The SMILES string of the molecule is CCN(Cc1nc(N)c2c(C)c(C)oc2n1)Cc1c(F)cccc1F. The van der Waals surface area contributed by atoms with Gasteiger partial charge in [-0.15, -0.1) is 0 Å². The van der Waals surface area contributed by atoms with Crippen LogP contribution in [0, 0.1) is 25.5 Å². The maximum Gasteiger partial charge on any atom is 0.231 e. The molecule has 0 radical (unpaired) electrons. The van der Waals surface area contributed by atoms with Gasteiger partial charge in [0.05, 0.1) is 11.9 Å². The van der Waals surface area contributed by atoms with Crippen LogP contribution >= 0.6 is 0 Å². The van der Waals surface area contributed by atoms with Crippen LogP contribution in [0.25, 0.3) is 11.1 Å². The molecule has 0 atom stereocenters. The highest BCUT2D eigenvalue weighted by atomic mass is 19.1. The van der Waals surface area contributed by atoms with Gasteiger partial charge >= 0.3 is 0 Å². The summed E-state index contributed by atoms with van der Waals surface area (Å²) in [5.41, 5.74) is 7.42. The Hall–Kier alpha value is -2.54. The first-order chi connectivity index (χ1) is 11.9. The normalized spacial score (nSPS) is 11.6. The molecule has 0 aliphatic rings. The lowest BCUT2D eigenvalue weighted by Crippen LogP contribution is -2.25. The van der Waals surface area contributed by atoms with E-state index in [1.54, 1.807) is 0 Å². The van der Waals surface area contributed by atoms with E-state index in [9.17, 15) is 8.78 Å². The number of halogens is 2. The molecule has 0 spiro atoms. The number of benzene rings is 1. The van der Waals surface area contributed by atoms with Gasteiger partial charge in [-0.25, -0.2) is 13.8 Å². The first-order valence-corrected chi connectivity index (χ1v) is 8.08. The van der Waals surface area contributed by atoms with Crippen LogP contribution in [-0.2, 0) is 13.1 Å². The fraction of sp³-hybridized carbons (Fsp3) is 0.333. The van der Waals surface area contributed by atoms with Crippen LogP contribution in [0.1, 0.15) is 29.6 Å². The monoisotopic (exact) mass is 346 g/mol. The first-order valence-electron chi connectivity index (χ1n) is 8.08. The molecule has 0 saturated carbocycles. The molecule has 3 rings (SSSR count). The fourth-order valence-electron chi connectivity index (χ4n) is 2.78. The van der Waals surface area contributed by atoms with Gasteiger partial charge in [0.1, 0.15) is 29.0 Å². The second-order valence-corrected chi connectivity index (χ2v) is 5.99. The number of anilines is 1. The number of nitrogen functional groups attached to an aromatic ring is 1. The lowest BCUT2D eigenvalue weighted by molar-refractivity contribution is 0.256.